The minimum atomic E-state index is -0.779. The van der Waals surface area contributed by atoms with E-state index in [1.165, 1.54) is 0 Å². The fraction of sp³-hybridized carbons (Fsp3) is 0.389. The van der Waals surface area contributed by atoms with E-state index in [0.717, 1.165) is 22.2 Å². The highest BCUT2D eigenvalue weighted by Gasteiger charge is 2.07. The Morgan fingerprint density at radius 2 is 2.00 bits per heavy atom. The number of hydrogen-bond donors (Lipinski definition) is 2. The predicted molar refractivity (Wildman–Crippen MR) is 90.5 cm³/mol. The Hall–Kier alpha value is -2.23. The van der Waals surface area contributed by atoms with Crippen molar-refractivity contribution in [1.82, 2.24) is 4.98 Å². The molecule has 4 heteroatoms. The van der Waals surface area contributed by atoms with Crippen molar-refractivity contribution in [3.8, 4) is 5.75 Å². The highest BCUT2D eigenvalue weighted by Crippen LogP contribution is 2.25. The van der Waals surface area contributed by atoms with Crippen LogP contribution in [0, 0.1) is 0 Å². The molecule has 0 amide bonds. The van der Waals surface area contributed by atoms with E-state index >= 15 is 0 Å². The van der Waals surface area contributed by atoms with Crippen LogP contribution in [0.3, 0.4) is 0 Å². The molecule has 0 aliphatic heterocycles. The van der Waals surface area contributed by atoms with Crippen molar-refractivity contribution in [3.05, 3.63) is 42.1 Å². The summed E-state index contributed by atoms with van der Waals surface area (Å²) in [5, 5.41) is 9.76. The first-order valence-corrected chi connectivity index (χ1v) is 7.53. The van der Waals surface area contributed by atoms with Crippen molar-refractivity contribution in [3.63, 3.8) is 0 Å². The van der Waals surface area contributed by atoms with Crippen LogP contribution in [-0.4, -0.2) is 22.2 Å². The van der Waals surface area contributed by atoms with Crippen LogP contribution in [0.2, 0.25) is 0 Å². The number of benzene rings is 1. The SMILES string of the molecule is C/C=C\C.CC(C)Oc1ccc2[nH]cc(CCC(=O)O)c2c1. The van der Waals surface area contributed by atoms with Crippen LogP contribution >= 0.6 is 0 Å². The molecule has 0 radical (unpaired) electrons. The molecule has 0 aliphatic rings. The minimum Gasteiger partial charge on any atom is -0.491 e. The molecule has 0 bridgehead atoms. The molecule has 120 valence electrons. The summed E-state index contributed by atoms with van der Waals surface area (Å²) in [5.74, 6) is 0.0348. The fourth-order valence-electron chi connectivity index (χ4n) is 1.95. The molecule has 4 nitrogen and oxygen atoms in total. The fourth-order valence-corrected chi connectivity index (χ4v) is 1.95. The van der Waals surface area contributed by atoms with Gasteiger partial charge in [-0.25, -0.2) is 0 Å². The number of aliphatic carboxylic acids is 1. The first-order chi connectivity index (χ1) is 10.5. The van der Waals surface area contributed by atoms with Crippen molar-refractivity contribution in [2.45, 2.75) is 46.6 Å². The number of H-pyrrole nitrogens is 1. The van der Waals surface area contributed by atoms with Crippen molar-refractivity contribution in [2.24, 2.45) is 0 Å². The van der Waals surface area contributed by atoms with Crippen LogP contribution in [0.1, 0.15) is 39.7 Å². The third kappa shape index (κ3) is 5.64. The van der Waals surface area contributed by atoms with E-state index in [1.807, 2.05) is 64.2 Å². The van der Waals surface area contributed by atoms with Crippen molar-refractivity contribution in [1.29, 1.82) is 0 Å². The lowest BCUT2D eigenvalue weighted by atomic mass is 10.1. The number of nitrogens with one attached hydrogen (secondary N) is 1. The van der Waals surface area contributed by atoms with E-state index in [0.29, 0.717) is 6.42 Å². The summed E-state index contributed by atoms with van der Waals surface area (Å²) in [7, 11) is 0. The van der Waals surface area contributed by atoms with E-state index in [-0.39, 0.29) is 12.5 Å². The molecule has 0 fully saturated rings. The first-order valence-electron chi connectivity index (χ1n) is 7.53. The van der Waals surface area contributed by atoms with Crippen LogP contribution in [0.15, 0.2) is 36.5 Å². The van der Waals surface area contributed by atoms with E-state index in [2.05, 4.69) is 4.98 Å². The molecule has 0 atom stereocenters. The van der Waals surface area contributed by atoms with Crippen LogP contribution in [0.4, 0.5) is 0 Å². The summed E-state index contributed by atoms with van der Waals surface area (Å²) >= 11 is 0. The zero-order valence-corrected chi connectivity index (χ0v) is 13.7. The number of carboxylic acid groups (broad SMARTS) is 1. The number of hydrogen-bond acceptors (Lipinski definition) is 2. The highest BCUT2D eigenvalue weighted by molar-refractivity contribution is 5.85. The Kier molecular flexibility index (Phi) is 7.23. The predicted octanol–water partition coefficient (Wildman–Crippen LogP) is 4.55. The number of rotatable bonds is 5. The number of aromatic amines is 1. The van der Waals surface area contributed by atoms with Gasteiger partial charge in [0.15, 0.2) is 0 Å². The molecular formula is C18H25NO3. The maximum Gasteiger partial charge on any atom is 0.303 e. The van der Waals surface area contributed by atoms with Gasteiger partial charge in [-0.3, -0.25) is 4.79 Å². The molecule has 2 rings (SSSR count). The summed E-state index contributed by atoms with van der Waals surface area (Å²) in [6.07, 6.45) is 6.67. The second kappa shape index (κ2) is 8.93. The number of carboxylic acids is 1. The number of fused-ring (bicyclic) bond motifs is 1. The van der Waals surface area contributed by atoms with Crippen molar-refractivity contribution < 1.29 is 14.6 Å². The van der Waals surface area contributed by atoms with Crippen LogP contribution < -0.4 is 4.74 Å². The molecule has 0 spiro atoms. The van der Waals surface area contributed by atoms with Crippen LogP contribution in [0.25, 0.3) is 10.9 Å². The summed E-state index contributed by atoms with van der Waals surface area (Å²) in [6.45, 7) is 7.96. The van der Waals surface area contributed by atoms with E-state index < -0.39 is 5.97 Å². The Labute approximate surface area is 131 Å². The Balaban J connectivity index is 0.000000541. The zero-order valence-electron chi connectivity index (χ0n) is 13.7. The number of aromatic nitrogens is 1. The second-order valence-electron chi connectivity index (χ2n) is 5.25. The lowest BCUT2D eigenvalue weighted by molar-refractivity contribution is -0.136. The standard InChI is InChI=1S/C14H17NO3.C4H8/c1-9(2)18-11-4-5-13-12(7-11)10(8-15-13)3-6-14(16)17;1-3-4-2/h4-5,7-9,15H,3,6H2,1-2H3,(H,16,17);3-4H,1-2H3/b;4-3-. The molecule has 1 aromatic carbocycles. The Morgan fingerprint density at radius 1 is 1.32 bits per heavy atom. The number of carbonyl (C=O) groups is 1. The van der Waals surface area contributed by atoms with Gasteiger partial charge >= 0.3 is 5.97 Å². The van der Waals surface area contributed by atoms with Gasteiger partial charge in [-0.1, -0.05) is 12.2 Å². The average molecular weight is 303 g/mol. The minimum absolute atomic E-state index is 0.129. The van der Waals surface area contributed by atoms with Gasteiger partial charge in [0.25, 0.3) is 0 Å². The van der Waals surface area contributed by atoms with Crippen LogP contribution in [-0.2, 0) is 11.2 Å². The van der Waals surface area contributed by atoms with Gasteiger partial charge in [0.1, 0.15) is 5.75 Å². The summed E-state index contributed by atoms with van der Waals surface area (Å²) in [6, 6.07) is 5.83. The largest absolute Gasteiger partial charge is 0.491 e. The Morgan fingerprint density at radius 3 is 2.55 bits per heavy atom. The lowest BCUT2D eigenvalue weighted by Gasteiger charge is -2.09. The molecule has 2 aromatic rings. The second-order valence-corrected chi connectivity index (χ2v) is 5.25. The molecule has 1 aromatic heterocycles. The maximum atomic E-state index is 10.6. The average Bonchev–Trinajstić information content (AvgIpc) is 2.87. The molecule has 1 heterocycles. The monoisotopic (exact) mass is 303 g/mol. The third-order valence-corrected chi connectivity index (χ3v) is 3.05. The topological polar surface area (TPSA) is 62.3 Å². The van der Waals surface area contributed by atoms with Crippen molar-refractivity contribution >= 4 is 16.9 Å². The number of aryl methyl sites for hydroxylation is 1. The number of allylic oxidation sites excluding steroid dienone is 2. The number of ether oxygens (including phenoxy) is 1. The van der Waals surface area contributed by atoms with E-state index in [4.69, 9.17) is 9.84 Å². The van der Waals surface area contributed by atoms with E-state index in [9.17, 15) is 4.79 Å². The molecule has 0 aliphatic carbocycles. The van der Waals surface area contributed by atoms with Gasteiger partial charge in [0.05, 0.1) is 6.10 Å². The summed E-state index contributed by atoms with van der Waals surface area (Å²) in [4.78, 5) is 13.8. The van der Waals surface area contributed by atoms with Gasteiger partial charge in [-0.05, 0) is 57.9 Å². The van der Waals surface area contributed by atoms with Crippen LogP contribution in [0.5, 0.6) is 5.75 Å². The highest BCUT2D eigenvalue weighted by atomic mass is 16.5. The third-order valence-electron chi connectivity index (χ3n) is 3.05. The summed E-state index contributed by atoms with van der Waals surface area (Å²) < 4.78 is 5.64. The quantitative estimate of drug-likeness (QED) is 0.796. The first kappa shape index (κ1) is 17.8. The van der Waals surface area contributed by atoms with Gasteiger partial charge in [-0.15, -0.1) is 0 Å². The molecule has 0 saturated carbocycles. The van der Waals surface area contributed by atoms with Gasteiger partial charge < -0.3 is 14.8 Å². The van der Waals surface area contributed by atoms with Crippen molar-refractivity contribution in [2.75, 3.05) is 0 Å². The van der Waals surface area contributed by atoms with Gasteiger partial charge in [-0.2, -0.15) is 0 Å². The molecule has 22 heavy (non-hydrogen) atoms. The summed E-state index contributed by atoms with van der Waals surface area (Å²) in [5.41, 5.74) is 2.02. The lowest BCUT2D eigenvalue weighted by Crippen LogP contribution is -2.05. The molecule has 0 saturated heterocycles. The molecule has 0 unspecified atom stereocenters. The molecular weight excluding hydrogens is 278 g/mol. The molecule has 2 N–H and O–H groups in total. The Bertz CT molecular complexity index is 622. The maximum absolute atomic E-state index is 10.6. The van der Waals surface area contributed by atoms with E-state index in [1.54, 1.807) is 0 Å². The normalized spacial score (nSPS) is 10.8. The smallest absolute Gasteiger partial charge is 0.303 e. The van der Waals surface area contributed by atoms with Gasteiger partial charge in [0, 0.05) is 23.5 Å². The zero-order chi connectivity index (χ0) is 16.5. The van der Waals surface area contributed by atoms with Gasteiger partial charge in [0.2, 0.25) is 0 Å².